The van der Waals surface area contributed by atoms with Crippen LogP contribution in [0.5, 0.6) is 0 Å². The second-order valence-corrected chi connectivity index (χ2v) is 5.51. The van der Waals surface area contributed by atoms with Crippen LogP contribution in [-0.2, 0) is 0 Å². The predicted octanol–water partition coefficient (Wildman–Crippen LogP) is 3.13. The average molecular weight is 363 g/mol. The maximum Gasteiger partial charge on any atom is 0.270 e. The number of nitrogens with one attached hydrogen (secondary N) is 1. The van der Waals surface area contributed by atoms with Gasteiger partial charge in [0.1, 0.15) is 0 Å². The van der Waals surface area contributed by atoms with Gasteiger partial charge in [-0.3, -0.25) is 10.1 Å². The Kier molecular flexibility index (Phi) is 5.33. The van der Waals surface area contributed by atoms with E-state index in [1.807, 2.05) is 0 Å². The quantitative estimate of drug-likeness (QED) is 0.462. The molecule has 18 heavy (non-hydrogen) atoms. The number of nitrogens with zero attached hydrogens (tertiary/aromatic N) is 1. The van der Waals surface area contributed by atoms with Crippen molar-refractivity contribution in [2.24, 2.45) is 5.73 Å². The van der Waals surface area contributed by atoms with Gasteiger partial charge in [0.25, 0.3) is 5.69 Å². The van der Waals surface area contributed by atoms with Crippen LogP contribution in [0.2, 0.25) is 0 Å². The van der Waals surface area contributed by atoms with Crippen molar-refractivity contribution < 1.29 is 4.92 Å². The summed E-state index contributed by atoms with van der Waals surface area (Å²) in [6.07, 6.45) is 1.78. The molecule has 0 heterocycles. The fourth-order valence-corrected chi connectivity index (χ4v) is 2.22. The average Bonchev–Trinajstić information content (AvgIpc) is 2.36. The fourth-order valence-electron chi connectivity index (χ4n) is 1.53. The van der Waals surface area contributed by atoms with Crippen molar-refractivity contribution in [3.8, 4) is 0 Å². The molecule has 0 aromatic heterocycles. The monoisotopic (exact) mass is 363 g/mol. The molecule has 6 heteroatoms. The molecule has 0 aliphatic heterocycles. The lowest BCUT2D eigenvalue weighted by molar-refractivity contribution is -0.384. The Labute approximate surface area is 120 Å². The lowest BCUT2D eigenvalue weighted by atomic mass is 9.94. The van der Waals surface area contributed by atoms with Gasteiger partial charge >= 0.3 is 0 Å². The Balaban J connectivity index is 2.77. The van der Waals surface area contributed by atoms with Crippen LogP contribution < -0.4 is 11.1 Å². The number of nitro benzene ring substituents is 1. The van der Waals surface area contributed by atoms with E-state index in [0.29, 0.717) is 6.54 Å². The second kappa shape index (κ2) is 6.33. The van der Waals surface area contributed by atoms with Gasteiger partial charge in [-0.1, -0.05) is 13.8 Å². The molecule has 0 aliphatic carbocycles. The van der Waals surface area contributed by atoms with Crippen LogP contribution >= 0.6 is 22.6 Å². The van der Waals surface area contributed by atoms with E-state index in [-0.39, 0.29) is 11.2 Å². The maximum absolute atomic E-state index is 10.6. The molecule has 0 unspecified atom stereocenters. The van der Waals surface area contributed by atoms with Gasteiger partial charge < -0.3 is 11.1 Å². The molecule has 0 saturated carbocycles. The minimum absolute atomic E-state index is 0.106. The van der Waals surface area contributed by atoms with Crippen LogP contribution in [0.1, 0.15) is 26.7 Å². The predicted molar refractivity (Wildman–Crippen MR) is 81.8 cm³/mol. The van der Waals surface area contributed by atoms with Crippen molar-refractivity contribution in [3.63, 3.8) is 0 Å². The SMILES string of the molecule is CCC(N)(CC)CNc1ccc([N+](=O)[O-])cc1I. The molecule has 0 radical (unpaired) electrons. The summed E-state index contributed by atoms with van der Waals surface area (Å²) in [4.78, 5) is 10.2. The number of benzene rings is 1. The zero-order valence-electron chi connectivity index (χ0n) is 10.6. The molecule has 1 rings (SSSR count). The molecule has 0 fully saturated rings. The molecule has 0 spiro atoms. The number of nitrogens with two attached hydrogens (primary N) is 1. The Bertz CT molecular complexity index is 433. The van der Waals surface area contributed by atoms with Crippen LogP contribution in [0.4, 0.5) is 11.4 Å². The van der Waals surface area contributed by atoms with Gasteiger partial charge in [-0.05, 0) is 41.5 Å². The minimum Gasteiger partial charge on any atom is -0.382 e. The molecule has 0 bridgehead atoms. The first-order valence-electron chi connectivity index (χ1n) is 5.88. The third kappa shape index (κ3) is 3.81. The van der Waals surface area contributed by atoms with E-state index in [1.54, 1.807) is 12.1 Å². The molecule has 0 amide bonds. The summed E-state index contributed by atoms with van der Waals surface area (Å²) in [5.41, 5.74) is 6.96. The van der Waals surface area contributed by atoms with E-state index >= 15 is 0 Å². The molecule has 100 valence electrons. The Morgan fingerprint density at radius 2 is 2.06 bits per heavy atom. The van der Waals surface area contributed by atoms with Gasteiger partial charge in [-0.15, -0.1) is 0 Å². The number of hydrogen-bond donors (Lipinski definition) is 2. The number of anilines is 1. The first kappa shape index (κ1) is 15.2. The standard InChI is InChI=1S/C12H18IN3O2/c1-3-12(14,4-2)8-15-11-6-5-9(16(17)18)7-10(11)13/h5-7,15H,3-4,8,14H2,1-2H3. The van der Waals surface area contributed by atoms with Crippen molar-refractivity contribution in [2.45, 2.75) is 32.2 Å². The summed E-state index contributed by atoms with van der Waals surface area (Å²) >= 11 is 2.09. The van der Waals surface area contributed by atoms with E-state index in [0.717, 1.165) is 22.1 Å². The van der Waals surface area contributed by atoms with Gasteiger partial charge in [-0.2, -0.15) is 0 Å². The highest BCUT2D eigenvalue weighted by molar-refractivity contribution is 14.1. The van der Waals surface area contributed by atoms with Gasteiger partial charge in [0, 0.05) is 33.5 Å². The van der Waals surface area contributed by atoms with Gasteiger partial charge in [0.05, 0.1) is 4.92 Å². The summed E-state index contributed by atoms with van der Waals surface area (Å²) in [6, 6.07) is 4.78. The molecule has 0 saturated heterocycles. The number of hydrogen-bond acceptors (Lipinski definition) is 4. The summed E-state index contributed by atoms with van der Waals surface area (Å²) in [5.74, 6) is 0. The van der Waals surface area contributed by atoms with Crippen LogP contribution in [0.3, 0.4) is 0 Å². The van der Waals surface area contributed by atoms with Gasteiger partial charge in [0.15, 0.2) is 0 Å². The summed E-state index contributed by atoms with van der Waals surface area (Å²) in [6.45, 7) is 4.78. The van der Waals surface area contributed by atoms with E-state index in [9.17, 15) is 10.1 Å². The zero-order chi connectivity index (χ0) is 13.8. The van der Waals surface area contributed by atoms with Gasteiger partial charge in [0.2, 0.25) is 0 Å². The van der Waals surface area contributed by atoms with E-state index in [4.69, 9.17) is 5.73 Å². The molecular weight excluding hydrogens is 345 g/mol. The molecule has 0 atom stereocenters. The highest BCUT2D eigenvalue weighted by Crippen LogP contribution is 2.24. The topological polar surface area (TPSA) is 81.2 Å². The third-order valence-corrected chi connectivity index (χ3v) is 4.10. The summed E-state index contributed by atoms with van der Waals surface area (Å²) in [5, 5.41) is 13.9. The normalized spacial score (nSPS) is 11.3. The largest absolute Gasteiger partial charge is 0.382 e. The minimum atomic E-state index is -0.392. The molecular formula is C12H18IN3O2. The fraction of sp³-hybridized carbons (Fsp3) is 0.500. The molecule has 1 aromatic carbocycles. The maximum atomic E-state index is 10.6. The number of halogens is 1. The number of nitro groups is 1. The first-order chi connectivity index (χ1) is 8.41. The first-order valence-corrected chi connectivity index (χ1v) is 6.96. The third-order valence-electron chi connectivity index (χ3n) is 3.20. The summed E-state index contributed by atoms with van der Waals surface area (Å²) in [7, 11) is 0. The zero-order valence-corrected chi connectivity index (χ0v) is 12.7. The Morgan fingerprint density at radius 3 is 2.50 bits per heavy atom. The van der Waals surface area contributed by atoms with Crippen molar-refractivity contribution in [1.29, 1.82) is 0 Å². The van der Waals surface area contributed by atoms with E-state index in [1.165, 1.54) is 6.07 Å². The Morgan fingerprint density at radius 1 is 1.44 bits per heavy atom. The highest BCUT2D eigenvalue weighted by atomic mass is 127. The van der Waals surface area contributed by atoms with Gasteiger partial charge in [-0.25, -0.2) is 0 Å². The highest BCUT2D eigenvalue weighted by Gasteiger charge is 2.20. The Hall–Kier alpha value is -0.890. The van der Waals surface area contributed by atoms with Crippen LogP contribution in [0.25, 0.3) is 0 Å². The molecule has 5 nitrogen and oxygen atoms in total. The van der Waals surface area contributed by atoms with Crippen LogP contribution in [-0.4, -0.2) is 17.0 Å². The number of non-ortho nitro benzene ring substituents is 1. The molecule has 1 aromatic rings. The molecule has 3 N–H and O–H groups in total. The summed E-state index contributed by atoms with van der Waals surface area (Å²) < 4.78 is 0.830. The van der Waals surface area contributed by atoms with Crippen molar-refractivity contribution in [3.05, 3.63) is 31.9 Å². The van der Waals surface area contributed by atoms with Crippen molar-refractivity contribution in [1.82, 2.24) is 0 Å². The van der Waals surface area contributed by atoms with Crippen molar-refractivity contribution in [2.75, 3.05) is 11.9 Å². The lowest BCUT2D eigenvalue weighted by Crippen LogP contribution is -2.45. The van der Waals surface area contributed by atoms with E-state index in [2.05, 4.69) is 41.8 Å². The van der Waals surface area contributed by atoms with Crippen molar-refractivity contribution >= 4 is 34.0 Å². The van der Waals surface area contributed by atoms with E-state index < -0.39 is 4.92 Å². The second-order valence-electron chi connectivity index (χ2n) is 4.34. The lowest BCUT2D eigenvalue weighted by Gasteiger charge is -2.27. The van der Waals surface area contributed by atoms with Crippen LogP contribution in [0, 0.1) is 13.7 Å². The number of rotatable bonds is 6. The van der Waals surface area contributed by atoms with Crippen LogP contribution in [0.15, 0.2) is 18.2 Å². The molecule has 0 aliphatic rings. The smallest absolute Gasteiger partial charge is 0.270 e.